The number of fused-ring (bicyclic) bond motifs is 1. The second-order valence-electron chi connectivity index (χ2n) is 8.74. The molecule has 180 valence electrons. The quantitative estimate of drug-likeness (QED) is 0.388. The number of nitrogens with one attached hydrogen (secondary N) is 2. The SMILES string of the molecule is Cc1cccc(C)c1NC(=O)CNc1nc(CN2CCOCC2)nc2scc(-c3ccccc3)c12. The number of nitrogens with zero attached hydrogens (tertiary/aromatic N) is 3. The standard InChI is InChI=1S/C27H29N5O2S/c1-18-7-6-8-19(2)25(18)31-23(33)15-28-26-24-21(20-9-4-3-5-10-20)17-35-27(24)30-22(29-26)16-32-11-13-34-14-12-32/h3-10,17H,11-16H2,1-2H3,(H,31,33)(H,28,29,30). The lowest BCUT2D eigenvalue weighted by Gasteiger charge is -2.25. The molecule has 8 heteroatoms. The van der Waals surface area contributed by atoms with Crippen LogP contribution in [0, 0.1) is 13.8 Å². The van der Waals surface area contributed by atoms with E-state index in [1.54, 1.807) is 11.3 Å². The normalized spacial score (nSPS) is 14.2. The number of hydrogen-bond donors (Lipinski definition) is 2. The highest BCUT2D eigenvalue weighted by molar-refractivity contribution is 7.17. The molecule has 0 atom stereocenters. The van der Waals surface area contributed by atoms with Crippen LogP contribution < -0.4 is 10.6 Å². The topological polar surface area (TPSA) is 79.4 Å². The van der Waals surface area contributed by atoms with E-state index >= 15 is 0 Å². The first-order valence-corrected chi connectivity index (χ1v) is 12.7. The third kappa shape index (κ3) is 5.35. The molecule has 0 saturated carbocycles. The van der Waals surface area contributed by atoms with Crippen molar-refractivity contribution in [2.24, 2.45) is 0 Å². The maximum absolute atomic E-state index is 12.9. The smallest absolute Gasteiger partial charge is 0.243 e. The molecule has 1 aliphatic heterocycles. The lowest BCUT2D eigenvalue weighted by atomic mass is 10.1. The van der Waals surface area contributed by atoms with Crippen LogP contribution in [-0.4, -0.2) is 53.6 Å². The van der Waals surface area contributed by atoms with Crippen molar-refractivity contribution in [3.8, 4) is 11.1 Å². The molecule has 1 amide bonds. The van der Waals surface area contributed by atoms with E-state index in [1.165, 1.54) is 0 Å². The van der Waals surface area contributed by atoms with Crippen molar-refractivity contribution in [2.45, 2.75) is 20.4 Å². The molecule has 0 bridgehead atoms. The number of anilines is 2. The summed E-state index contributed by atoms with van der Waals surface area (Å²) in [6.07, 6.45) is 0. The summed E-state index contributed by atoms with van der Waals surface area (Å²) < 4.78 is 5.48. The minimum absolute atomic E-state index is 0.111. The van der Waals surface area contributed by atoms with Crippen LogP contribution in [0.3, 0.4) is 0 Å². The number of benzene rings is 2. The maximum atomic E-state index is 12.9. The van der Waals surface area contributed by atoms with Crippen LogP contribution >= 0.6 is 11.3 Å². The third-order valence-corrected chi connectivity index (χ3v) is 7.07. The zero-order valence-electron chi connectivity index (χ0n) is 20.0. The molecule has 2 N–H and O–H groups in total. The largest absolute Gasteiger partial charge is 0.379 e. The number of para-hydroxylation sites is 1. The number of carbonyl (C=O) groups is 1. The highest BCUT2D eigenvalue weighted by Gasteiger charge is 2.19. The summed E-state index contributed by atoms with van der Waals surface area (Å²) in [5.41, 5.74) is 5.12. The minimum atomic E-state index is -0.111. The molecule has 3 heterocycles. The highest BCUT2D eigenvalue weighted by Crippen LogP contribution is 2.37. The van der Waals surface area contributed by atoms with Gasteiger partial charge in [-0.25, -0.2) is 9.97 Å². The van der Waals surface area contributed by atoms with Gasteiger partial charge in [-0.2, -0.15) is 0 Å². The summed E-state index contributed by atoms with van der Waals surface area (Å²) in [4.78, 5) is 25.9. The van der Waals surface area contributed by atoms with Crippen LogP contribution in [-0.2, 0) is 16.1 Å². The molecule has 2 aromatic carbocycles. The van der Waals surface area contributed by atoms with Gasteiger partial charge < -0.3 is 15.4 Å². The Morgan fingerprint density at radius 1 is 1.03 bits per heavy atom. The Bertz CT molecular complexity index is 1310. The van der Waals surface area contributed by atoms with Crippen LogP contribution in [0.25, 0.3) is 21.3 Å². The van der Waals surface area contributed by atoms with Gasteiger partial charge in [-0.05, 0) is 30.5 Å². The summed E-state index contributed by atoms with van der Waals surface area (Å²) >= 11 is 1.61. The fourth-order valence-corrected chi connectivity index (χ4v) is 5.30. The Balaban J connectivity index is 1.44. The number of rotatable bonds is 7. The lowest BCUT2D eigenvalue weighted by molar-refractivity contribution is -0.114. The molecule has 5 rings (SSSR count). The molecule has 35 heavy (non-hydrogen) atoms. The van der Waals surface area contributed by atoms with E-state index in [0.717, 1.165) is 70.3 Å². The second kappa shape index (κ2) is 10.5. The van der Waals surface area contributed by atoms with E-state index < -0.39 is 0 Å². The van der Waals surface area contributed by atoms with Crippen LogP contribution in [0.2, 0.25) is 0 Å². The molecule has 0 unspecified atom stereocenters. The second-order valence-corrected chi connectivity index (χ2v) is 9.60. The van der Waals surface area contributed by atoms with Crippen molar-refractivity contribution >= 4 is 39.0 Å². The van der Waals surface area contributed by atoms with E-state index in [0.29, 0.717) is 12.4 Å². The first-order valence-electron chi connectivity index (χ1n) is 11.8. The predicted octanol–water partition coefficient (Wildman–Crippen LogP) is 4.86. The Hall–Kier alpha value is -3.33. The lowest BCUT2D eigenvalue weighted by Crippen LogP contribution is -2.36. The molecule has 1 saturated heterocycles. The zero-order valence-corrected chi connectivity index (χ0v) is 20.8. The highest BCUT2D eigenvalue weighted by atomic mass is 32.1. The van der Waals surface area contributed by atoms with Gasteiger partial charge in [0.25, 0.3) is 0 Å². The average molecular weight is 488 g/mol. The van der Waals surface area contributed by atoms with Gasteiger partial charge in [0, 0.05) is 29.7 Å². The number of carbonyl (C=O) groups excluding carboxylic acids is 1. The van der Waals surface area contributed by atoms with Crippen LogP contribution in [0.15, 0.2) is 53.9 Å². The third-order valence-electron chi connectivity index (χ3n) is 6.20. The molecule has 0 aliphatic carbocycles. The molecule has 7 nitrogen and oxygen atoms in total. The van der Waals surface area contributed by atoms with E-state index in [2.05, 4.69) is 33.0 Å². The predicted molar refractivity (Wildman–Crippen MR) is 142 cm³/mol. The van der Waals surface area contributed by atoms with Gasteiger partial charge in [0.2, 0.25) is 5.91 Å². The number of amides is 1. The molecular weight excluding hydrogens is 458 g/mol. The van der Waals surface area contributed by atoms with E-state index in [9.17, 15) is 4.79 Å². The molecule has 1 fully saturated rings. The van der Waals surface area contributed by atoms with Crippen molar-refractivity contribution in [1.29, 1.82) is 0 Å². The Morgan fingerprint density at radius 2 is 1.77 bits per heavy atom. The van der Waals surface area contributed by atoms with Crippen LogP contribution in [0.5, 0.6) is 0 Å². The summed E-state index contributed by atoms with van der Waals surface area (Å²) in [6, 6.07) is 16.2. The van der Waals surface area contributed by atoms with E-state index in [4.69, 9.17) is 14.7 Å². The summed E-state index contributed by atoms with van der Waals surface area (Å²) in [5.74, 6) is 1.33. The van der Waals surface area contributed by atoms with Gasteiger partial charge in [0.05, 0.1) is 31.7 Å². The maximum Gasteiger partial charge on any atom is 0.243 e. The molecule has 4 aromatic rings. The van der Waals surface area contributed by atoms with E-state index in [1.807, 2.05) is 50.2 Å². The number of aromatic nitrogens is 2. The fourth-order valence-electron chi connectivity index (χ4n) is 4.33. The number of morpholine rings is 1. The zero-order chi connectivity index (χ0) is 24.2. The van der Waals surface area contributed by atoms with Crippen LogP contribution in [0.4, 0.5) is 11.5 Å². The summed E-state index contributed by atoms with van der Waals surface area (Å²) in [6.45, 7) is 7.94. The molecule has 1 aliphatic rings. The van der Waals surface area contributed by atoms with Gasteiger partial charge in [-0.3, -0.25) is 9.69 Å². The first-order chi connectivity index (χ1) is 17.1. The fraction of sp³-hybridized carbons (Fsp3) is 0.296. The van der Waals surface area contributed by atoms with Crippen molar-refractivity contribution in [1.82, 2.24) is 14.9 Å². The number of hydrogen-bond acceptors (Lipinski definition) is 7. The summed E-state index contributed by atoms with van der Waals surface area (Å²) in [7, 11) is 0. The first kappa shape index (κ1) is 23.4. The average Bonchev–Trinajstić information content (AvgIpc) is 3.30. The number of ether oxygens (including phenoxy) is 1. The van der Waals surface area contributed by atoms with Gasteiger partial charge in [-0.15, -0.1) is 11.3 Å². The molecule has 0 spiro atoms. The van der Waals surface area contributed by atoms with Crippen LogP contribution in [0.1, 0.15) is 17.0 Å². The van der Waals surface area contributed by atoms with Crippen molar-refractivity contribution < 1.29 is 9.53 Å². The van der Waals surface area contributed by atoms with Gasteiger partial charge in [0.15, 0.2) is 0 Å². The van der Waals surface area contributed by atoms with Gasteiger partial charge in [0.1, 0.15) is 16.5 Å². The Kier molecular flexibility index (Phi) is 7.03. The van der Waals surface area contributed by atoms with Gasteiger partial charge >= 0.3 is 0 Å². The number of aryl methyl sites for hydroxylation is 2. The monoisotopic (exact) mass is 487 g/mol. The molecule has 2 aromatic heterocycles. The molecular formula is C27H29N5O2S. The molecule has 0 radical (unpaired) electrons. The number of thiophene rings is 1. The van der Waals surface area contributed by atoms with Crippen molar-refractivity contribution in [3.05, 3.63) is 70.9 Å². The van der Waals surface area contributed by atoms with E-state index in [-0.39, 0.29) is 12.5 Å². The minimum Gasteiger partial charge on any atom is -0.379 e. The van der Waals surface area contributed by atoms with Crippen molar-refractivity contribution in [2.75, 3.05) is 43.5 Å². The Labute approximate surface area is 209 Å². The Morgan fingerprint density at radius 3 is 2.51 bits per heavy atom. The summed E-state index contributed by atoms with van der Waals surface area (Å²) in [5, 5.41) is 9.44. The van der Waals surface area contributed by atoms with Gasteiger partial charge in [-0.1, -0.05) is 48.5 Å². The van der Waals surface area contributed by atoms with Crippen molar-refractivity contribution in [3.63, 3.8) is 0 Å².